The normalized spacial score (nSPS) is 11.9. The quantitative estimate of drug-likeness (QED) is 0.0978. The van der Waals surface area contributed by atoms with Crippen molar-refractivity contribution in [2.75, 3.05) is 0 Å². The Balaban J connectivity index is 0.000000177. The number of nitrogens with zero attached hydrogens (tertiary/aromatic N) is 2. The molecular formula is C44H34F4N2Ti. The zero-order valence-corrected chi connectivity index (χ0v) is 29.7. The van der Waals surface area contributed by atoms with Crippen molar-refractivity contribution < 1.29 is 39.3 Å². The summed E-state index contributed by atoms with van der Waals surface area (Å²) in [5.41, 5.74) is 6.03. The molecule has 0 saturated carbocycles. The predicted molar refractivity (Wildman–Crippen MR) is 193 cm³/mol. The first-order chi connectivity index (χ1) is 24.3. The number of hydrogen-bond acceptors (Lipinski definition) is 0. The van der Waals surface area contributed by atoms with Gasteiger partial charge in [-0.05, 0) is 60.6 Å². The predicted octanol–water partition coefficient (Wildman–Crippen LogP) is 11.7. The molecule has 2 aromatic heterocycles. The van der Waals surface area contributed by atoms with Crippen LogP contribution in [0.2, 0.25) is 0 Å². The molecule has 2 aliphatic rings. The van der Waals surface area contributed by atoms with E-state index in [4.69, 9.17) is 0 Å². The van der Waals surface area contributed by atoms with E-state index in [0.717, 1.165) is 46.7 Å². The number of aryl methyl sites for hydroxylation is 2. The average Bonchev–Trinajstić information content (AvgIpc) is 3.97. The molecule has 6 aromatic rings. The van der Waals surface area contributed by atoms with Crippen molar-refractivity contribution >= 4 is 0 Å². The summed E-state index contributed by atoms with van der Waals surface area (Å²) in [6, 6.07) is 36.5. The molecule has 0 aliphatic heterocycles. The number of halogens is 4. The van der Waals surface area contributed by atoms with Crippen LogP contribution < -0.4 is 0 Å². The molecule has 0 fully saturated rings. The van der Waals surface area contributed by atoms with Crippen molar-refractivity contribution in [2.45, 2.75) is 26.7 Å². The summed E-state index contributed by atoms with van der Waals surface area (Å²) in [7, 11) is 0. The second-order valence-corrected chi connectivity index (χ2v) is 11.1. The molecule has 2 nitrogen and oxygen atoms in total. The van der Waals surface area contributed by atoms with Crippen LogP contribution in [0.25, 0.3) is 33.9 Å². The Morgan fingerprint density at radius 1 is 0.490 bits per heavy atom. The van der Waals surface area contributed by atoms with Gasteiger partial charge in [0.15, 0.2) is 0 Å². The number of aromatic nitrogens is 2. The van der Waals surface area contributed by atoms with Gasteiger partial charge in [-0.1, -0.05) is 60.7 Å². The third-order valence-electron chi connectivity index (χ3n) is 7.63. The van der Waals surface area contributed by atoms with E-state index in [1.807, 2.05) is 123 Å². The van der Waals surface area contributed by atoms with E-state index >= 15 is 0 Å². The average molecular weight is 715 g/mol. The minimum absolute atomic E-state index is 0. The van der Waals surface area contributed by atoms with Crippen LogP contribution in [0.5, 0.6) is 0 Å². The largest absolute Gasteiger partial charge is 4.00 e. The molecule has 0 radical (unpaired) electrons. The van der Waals surface area contributed by atoms with Crippen molar-refractivity contribution in [1.29, 1.82) is 0 Å². The molecule has 7 heteroatoms. The summed E-state index contributed by atoms with van der Waals surface area (Å²) < 4.78 is 57.5. The van der Waals surface area contributed by atoms with Crippen molar-refractivity contribution in [2.24, 2.45) is 0 Å². The Morgan fingerprint density at radius 2 is 0.882 bits per heavy atom. The Morgan fingerprint density at radius 3 is 1.18 bits per heavy atom. The third kappa shape index (κ3) is 10.4. The molecule has 0 spiro atoms. The van der Waals surface area contributed by atoms with Crippen LogP contribution in [-0.4, -0.2) is 9.13 Å². The van der Waals surface area contributed by atoms with Gasteiger partial charge in [0, 0.05) is 46.0 Å². The maximum Gasteiger partial charge on any atom is 4.00 e. The molecule has 51 heavy (non-hydrogen) atoms. The molecule has 0 N–H and O–H groups in total. The number of benzene rings is 4. The molecule has 0 saturated heterocycles. The third-order valence-corrected chi connectivity index (χ3v) is 7.63. The van der Waals surface area contributed by atoms with Gasteiger partial charge < -0.3 is 9.13 Å². The van der Waals surface area contributed by atoms with Gasteiger partial charge in [0.25, 0.3) is 0 Å². The van der Waals surface area contributed by atoms with Gasteiger partial charge in [0.1, 0.15) is 0 Å². The maximum atomic E-state index is 14.0. The molecule has 252 valence electrons. The van der Waals surface area contributed by atoms with Gasteiger partial charge in [-0.2, -0.15) is 12.2 Å². The minimum Gasteiger partial charge on any atom is -0.366 e. The molecule has 8 rings (SSSR count). The molecule has 0 unspecified atom stereocenters. The van der Waals surface area contributed by atoms with Crippen molar-refractivity contribution in [3.05, 3.63) is 205 Å². The first-order valence-electron chi connectivity index (χ1n) is 16.0. The Bertz CT molecular complexity index is 1950. The van der Waals surface area contributed by atoms with Crippen molar-refractivity contribution in [1.82, 2.24) is 9.13 Å². The zero-order valence-electron chi connectivity index (χ0n) is 28.2. The monoisotopic (exact) mass is 714 g/mol. The molecule has 4 aromatic carbocycles. The van der Waals surface area contributed by atoms with Gasteiger partial charge in [0.05, 0.1) is 0 Å². The van der Waals surface area contributed by atoms with Crippen LogP contribution in [0.15, 0.2) is 146 Å². The summed E-state index contributed by atoms with van der Waals surface area (Å²) in [4.78, 5) is 0. The smallest absolute Gasteiger partial charge is 0.366 e. The van der Waals surface area contributed by atoms with Crippen molar-refractivity contribution in [3.63, 3.8) is 0 Å². The van der Waals surface area contributed by atoms with Crippen LogP contribution in [0, 0.1) is 61.4 Å². The first kappa shape index (κ1) is 38.6. The van der Waals surface area contributed by atoms with E-state index in [2.05, 4.69) is 36.4 Å². The zero-order chi connectivity index (χ0) is 35.3. The van der Waals surface area contributed by atoms with E-state index < -0.39 is 23.3 Å². The topological polar surface area (TPSA) is 9.86 Å². The van der Waals surface area contributed by atoms with Crippen LogP contribution in [0.4, 0.5) is 17.6 Å². The van der Waals surface area contributed by atoms with E-state index in [9.17, 15) is 17.6 Å². The fraction of sp³-hybridized carbons (Fsp3) is 0.0909. The minimum atomic E-state index is -0.697. The van der Waals surface area contributed by atoms with E-state index in [1.165, 1.54) is 24.3 Å². The molecule has 2 aliphatic carbocycles. The van der Waals surface area contributed by atoms with Crippen LogP contribution in [0.1, 0.15) is 24.2 Å². The van der Waals surface area contributed by atoms with E-state index in [-0.39, 0.29) is 21.7 Å². The number of hydrogen-bond donors (Lipinski definition) is 0. The van der Waals surface area contributed by atoms with Gasteiger partial charge in [-0.3, -0.25) is 12.2 Å². The Hall–Kier alpha value is -5.17. The molecule has 2 heterocycles. The summed E-state index contributed by atoms with van der Waals surface area (Å²) in [5.74, 6) is -2.78. The van der Waals surface area contributed by atoms with E-state index in [1.54, 1.807) is 9.13 Å². The van der Waals surface area contributed by atoms with Crippen LogP contribution in [-0.2, 0) is 21.7 Å². The molecule has 0 amide bonds. The Labute approximate surface area is 312 Å². The summed E-state index contributed by atoms with van der Waals surface area (Å²) in [6.45, 7) is 3.77. The van der Waals surface area contributed by atoms with E-state index in [0.29, 0.717) is 11.4 Å². The molecule has 0 atom stereocenters. The van der Waals surface area contributed by atoms with Gasteiger partial charge in [-0.15, -0.1) is 49.2 Å². The second-order valence-electron chi connectivity index (χ2n) is 11.1. The Kier molecular flexibility index (Phi) is 14.6. The van der Waals surface area contributed by atoms with Gasteiger partial charge in [0.2, 0.25) is 0 Å². The van der Waals surface area contributed by atoms with Gasteiger partial charge in [-0.25, -0.2) is 41.9 Å². The maximum absolute atomic E-state index is 14.0. The first-order valence-corrected chi connectivity index (χ1v) is 16.0. The molecule has 0 bridgehead atoms. The standard InChI is InChI=1S/2C17H12F2N.2C5H5.Ti/c2*1-12-7-9-16(13-5-3-2-4-6-13)20(12)17-10-8-14(18)11-15(17)19;2*1-2-4-5-3-1;/h2*2-10H,1H3;2*1-3H,4H2;/q4*-1;+4. The second kappa shape index (κ2) is 19.3. The van der Waals surface area contributed by atoms with Crippen LogP contribution in [0.3, 0.4) is 0 Å². The van der Waals surface area contributed by atoms with Gasteiger partial charge >= 0.3 is 21.7 Å². The summed E-state index contributed by atoms with van der Waals surface area (Å²) >= 11 is 0. The fourth-order valence-corrected chi connectivity index (χ4v) is 5.28. The number of allylic oxidation sites excluding steroid dienone is 8. The summed E-state index contributed by atoms with van der Waals surface area (Å²) in [6.07, 6.45) is 20.0. The number of rotatable bonds is 4. The van der Waals surface area contributed by atoms with Crippen molar-refractivity contribution in [3.8, 4) is 33.9 Å². The van der Waals surface area contributed by atoms with Crippen LogP contribution >= 0.6 is 0 Å². The SMILES string of the molecule is Cc1ccc(-c2ccccc2)n1-c1ccc(F)[c-]c1F.Cc1ccc(-c2ccccc2)n1-c1ccc(F)[c-]c1F.[C-]1=CC=CC1.[C-]1=CC=CC1.[Ti+4]. The molecular weight excluding hydrogens is 680 g/mol. The summed E-state index contributed by atoms with van der Waals surface area (Å²) in [5, 5.41) is 0. The fourth-order valence-electron chi connectivity index (χ4n) is 5.28.